The number of hydrogen-bond donors (Lipinski definition) is 12. The van der Waals surface area contributed by atoms with Crippen LogP contribution in [0.1, 0.15) is 39.8 Å². The van der Waals surface area contributed by atoms with Gasteiger partial charge in [-0.05, 0) is 20.3 Å². The number of aromatic amines is 1. The Morgan fingerprint density at radius 2 is 1.60 bits per heavy atom. The van der Waals surface area contributed by atoms with Crippen molar-refractivity contribution in [2.45, 2.75) is 107 Å². The number of carboxylic acid groups (broad SMARTS) is 2. The number of carboxylic acids is 2. The van der Waals surface area contributed by atoms with E-state index in [9.17, 15) is 78.0 Å². The van der Waals surface area contributed by atoms with E-state index in [1.807, 2.05) is 4.98 Å². The first-order valence-corrected chi connectivity index (χ1v) is 19.8. The van der Waals surface area contributed by atoms with E-state index in [-0.39, 0.29) is 0 Å². The quantitative estimate of drug-likeness (QED) is 0.0544. The van der Waals surface area contributed by atoms with Gasteiger partial charge in [-0.1, -0.05) is 0 Å². The van der Waals surface area contributed by atoms with Gasteiger partial charge in [0.15, 0.2) is 12.5 Å². The van der Waals surface area contributed by atoms with Crippen LogP contribution in [0.15, 0.2) is 21.9 Å². The van der Waals surface area contributed by atoms with E-state index in [1.54, 1.807) is 0 Å². The van der Waals surface area contributed by atoms with E-state index < -0.39 is 156 Å². The minimum atomic E-state index is -5.88. The molecule has 0 bridgehead atoms. The molecule has 0 aliphatic carbocycles. The summed E-state index contributed by atoms with van der Waals surface area (Å²) in [5.41, 5.74) is -1.85. The summed E-state index contributed by atoms with van der Waals surface area (Å²) in [5.74, 6) is -5.94. The van der Waals surface area contributed by atoms with Crippen LogP contribution in [0.2, 0.25) is 0 Å². The van der Waals surface area contributed by atoms with Gasteiger partial charge in [-0.15, -0.1) is 0 Å². The second kappa shape index (κ2) is 20.3. The molecule has 2 aliphatic heterocycles. The molecule has 14 atom stereocenters. The molecule has 0 saturated carbocycles. The van der Waals surface area contributed by atoms with Crippen molar-refractivity contribution < 1.29 is 101 Å². The number of rotatable bonds is 20. The predicted octanol–water partition coefficient (Wildman–Crippen LogP) is -5.30. The van der Waals surface area contributed by atoms with Gasteiger partial charge in [-0.3, -0.25) is 42.6 Å². The lowest BCUT2D eigenvalue weighted by Gasteiger charge is -2.44. The summed E-state index contributed by atoms with van der Waals surface area (Å²) < 4.78 is 56.5. The van der Waals surface area contributed by atoms with Gasteiger partial charge in [-0.2, -0.15) is 4.31 Å². The van der Waals surface area contributed by atoms with Crippen LogP contribution >= 0.6 is 15.6 Å². The third-order valence-corrected chi connectivity index (χ3v) is 10.9. The van der Waals surface area contributed by atoms with Gasteiger partial charge in [0.1, 0.15) is 60.9 Å². The first kappa shape index (κ1) is 48.4. The summed E-state index contributed by atoms with van der Waals surface area (Å²) in [5, 5.41) is 66.0. The van der Waals surface area contributed by atoms with E-state index in [4.69, 9.17) is 23.8 Å². The number of carbonyl (C=O) groups excluding carboxylic acids is 3. The fraction of sp³-hybridized carbons (Fsp3) is 0.679. The molecule has 30 heteroatoms. The molecular formula is C28H43N5O23P2. The number of phosphoric acid groups is 2. The molecular weight excluding hydrogens is 836 g/mol. The lowest BCUT2D eigenvalue weighted by atomic mass is 9.96. The van der Waals surface area contributed by atoms with E-state index >= 15 is 0 Å². The SMILES string of the molecule is CC(=O)N[C@H]1[C@@H](OP(=O)(O)OP(=O)(O)OC[C@H]2O[C@@H](n3ccc(=O)[nH]c3=O)[C@H](O)[C@@H]2O)O[C@H](CO)[C@@H](O)[C@@H]1O[C@H](C)C(=O)N[C@@H](C)C(=O)N[C@@H](CCC(=O)O)C(=O)O. The molecule has 1 aromatic rings. The van der Waals surface area contributed by atoms with Crippen molar-refractivity contribution in [2.75, 3.05) is 13.2 Å². The van der Waals surface area contributed by atoms with Gasteiger partial charge in [0.05, 0.1) is 13.2 Å². The monoisotopic (exact) mass is 879 g/mol. The number of aliphatic hydroxyl groups excluding tert-OH is 4. The molecule has 328 valence electrons. The summed E-state index contributed by atoms with van der Waals surface area (Å²) >= 11 is 0. The number of nitrogens with one attached hydrogen (secondary N) is 4. The number of aromatic nitrogens is 2. The maximum absolute atomic E-state index is 13.0. The number of aliphatic carboxylic acids is 2. The molecule has 3 heterocycles. The third kappa shape index (κ3) is 13.3. The molecule has 2 aliphatic rings. The van der Waals surface area contributed by atoms with Crippen LogP contribution in [0.3, 0.4) is 0 Å². The van der Waals surface area contributed by atoms with E-state index in [0.29, 0.717) is 4.57 Å². The van der Waals surface area contributed by atoms with Crippen molar-refractivity contribution in [2.24, 2.45) is 0 Å². The molecule has 2 unspecified atom stereocenters. The average molecular weight is 880 g/mol. The zero-order valence-electron chi connectivity index (χ0n) is 30.5. The van der Waals surface area contributed by atoms with Crippen molar-refractivity contribution in [1.82, 2.24) is 25.5 Å². The van der Waals surface area contributed by atoms with Crippen molar-refractivity contribution in [1.29, 1.82) is 0 Å². The second-order valence-electron chi connectivity index (χ2n) is 12.7. The summed E-state index contributed by atoms with van der Waals surface area (Å²) in [4.78, 5) is 106. The zero-order chi connectivity index (χ0) is 43.9. The zero-order valence-corrected chi connectivity index (χ0v) is 32.2. The van der Waals surface area contributed by atoms with Crippen molar-refractivity contribution >= 4 is 45.3 Å². The Morgan fingerprint density at radius 1 is 0.948 bits per heavy atom. The summed E-state index contributed by atoms with van der Waals surface area (Å²) in [6.07, 6.45) is -16.8. The fourth-order valence-corrected chi connectivity index (χ4v) is 7.58. The van der Waals surface area contributed by atoms with Gasteiger partial charge in [0.2, 0.25) is 17.7 Å². The molecule has 1 aromatic heterocycles. The second-order valence-corrected chi connectivity index (χ2v) is 15.7. The standard InChI is InChI=1S/C28H43N5O23P2/c1-10(23(42)31-13(26(44)45)4-5-17(37)38)29-24(43)11(2)52-22-18(30-12(3)35)27(54-14(8-34)20(22)40)55-58(49,50)56-57(47,48)51-9-15-19(39)21(41)25(53-15)33-7-6-16(36)32-28(33)46/h6-7,10-11,13-15,18-22,25,27,34,39-41H,4-5,8-9H2,1-3H3,(H,29,43)(H,30,35)(H,31,42)(H,37,38)(H,44,45)(H,47,48)(H,49,50)(H,32,36,46)/t10-,11+,13-,14+,15+,18+,19+,20+,21+,22+,25+,27+/m0/s1. The smallest absolute Gasteiger partial charge is 0.481 e. The Hall–Kier alpha value is -3.99. The van der Waals surface area contributed by atoms with Crippen molar-refractivity contribution in [3.05, 3.63) is 33.1 Å². The van der Waals surface area contributed by atoms with Crippen LogP contribution in [0.25, 0.3) is 0 Å². The highest BCUT2D eigenvalue weighted by Crippen LogP contribution is 2.61. The highest BCUT2D eigenvalue weighted by molar-refractivity contribution is 7.61. The largest absolute Gasteiger partial charge is 0.483 e. The van der Waals surface area contributed by atoms with Crippen molar-refractivity contribution in [3.63, 3.8) is 0 Å². The maximum Gasteiger partial charge on any atom is 0.483 e. The Balaban J connectivity index is 1.71. The third-order valence-electron chi connectivity index (χ3n) is 8.28. The molecule has 3 amide bonds. The summed E-state index contributed by atoms with van der Waals surface area (Å²) in [7, 11) is -11.6. The minimum absolute atomic E-state index is 0.483. The number of nitrogens with zero attached hydrogens (tertiary/aromatic N) is 1. The first-order valence-electron chi connectivity index (χ1n) is 16.8. The summed E-state index contributed by atoms with van der Waals surface area (Å²) in [6, 6.07) is -4.07. The van der Waals surface area contributed by atoms with Gasteiger partial charge in [0.25, 0.3) is 5.56 Å². The van der Waals surface area contributed by atoms with Crippen LogP contribution in [0.5, 0.6) is 0 Å². The highest BCUT2D eigenvalue weighted by atomic mass is 31.3. The van der Waals surface area contributed by atoms with Crippen LogP contribution in [0, 0.1) is 0 Å². The number of aliphatic hydroxyl groups is 4. The van der Waals surface area contributed by atoms with Crippen molar-refractivity contribution in [3.8, 4) is 0 Å². The van der Waals surface area contributed by atoms with Crippen LogP contribution < -0.4 is 27.2 Å². The van der Waals surface area contributed by atoms with Crippen LogP contribution in [-0.4, -0.2) is 160 Å². The highest BCUT2D eigenvalue weighted by Gasteiger charge is 2.52. The van der Waals surface area contributed by atoms with Gasteiger partial charge >= 0.3 is 33.3 Å². The fourth-order valence-electron chi connectivity index (χ4n) is 5.42. The predicted molar refractivity (Wildman–Crippen MR) is 183 cm³/mol. The molecule has 2 fully saturated rings. The van der Waals surface area contributed by atoms with Crippen LogP contribution in [0.4, 0.5) is 0 Å². The normalized spacial score (nSPS) is 29.5. The molecule has 0 aromatic carbocycles. The van der Waals surface area contributed by atoms with Crippen LogP contribution in [-0.2, 0) is 60.7 Å². The molecule has 2 saturated heterocycles. The molecule has 0 spiro atoms. The lowest BCUT2D eigenvalue weighted by molar-refractivity contribution is -0.261. The van der Waals surface area contributed by atoms with E-state index in [1.165, 1.54) is 0 Å². The first-order chi connectivity index (χ1) is 26.9. The number of hydrogen-bond acceptors (Lipinski definition) is 19. The minimum Gasteiger partial charge on any atom is -0.481 e. The Labute approximate surface area is 325 Å². The van der Waals surface area contributed by atoms with Gasteiger partial charge in [0, 0.05) is 25.6 Å². The molecule has 0 radical (unpaired) electrons. The Morgan fingerprint density at radius 3 is 2.17 bits per heavy atom. The average Bonchev–Trinajstić information content (AvgIpc) is 3.39. The number of carbonyl (C=O) groups is 5. The molecule has 3 rings (SSSR count). The van der Waals surface area contributed by atoms with Gasteiger partial charge in [-0.25, -0.2) is 18.7 Å². The van der Waals surface area contributed by atoms with Gasteiger partial charge < -0.3 is 70.6 Å². The lowest BCUT2D eigenvalue weighted by Crippen LogP contribution is -2.66. The Kier molecular flexibility index (Phi) is 16.9. The number of amides is 3. The molecule has 28 nitrogen and oxygen atoms in total. The number of H-pyrrole nitrogens is 1. The van der Waals surface area contributed by atoms with E-state index in [0.717, 1.165) is 33.0 Å². The van der Waals surface area contributed by atoms with E-state index in [2.05, 4.69) is 24.8 Å². The Bertz CT molecular complexity index is 1880. The summed E-state index contributed by atoms with van der Waals surface area (Å²) in [6.45, 7) is 0.948. The topological polar surface area (TPSA) is 428 Å². The molecule has 12 N–H and O–H groups in total. The number of phosphoric ester groups is 2. The number of ether oxygens (including phenoxy) is 3. The molecule has 58 heavy (non-hydrogen) atoms. The maximum atomic E-state index is 13.0.